The van der Waals surface area contributed by atoms with Crippen molar-refractivity contribution in [1.29, 1.82) is 0 Å². The molecule has 0 radical (unpaired) electrons. The molecule has 0 spiro atoms. The highest BCUT2D eigenvalue weighted by Crippen LogP contribution is 2.25. The SMILES string of the molecule is O=S(=O)(Nc1cccc(O)c1)c1cccc2ccccc12. The molecule has 3 aromatic carbocycles. The molecule has 0 fully saturated rings. The van der Waals surface area contributed by atoms with Crippen molar-refractivity contribution < 1.29 is 13.5 Å². The lowest BCUT2D eigenvalue weighted by Gasteiger charge is -2.10. The third kappa shape index (κ3) is 2.68. The maximum Gasteiger partial charge on any atom is 0.262 e. The number of anilines is 1. The molecular weight excluding hydrogens is 286 g/mol. The molecule has 0 saturated heterocycles. The Labute approximate surface area is 122 Å². The molecule has 3 rings (SSSR count). The third-order valence-electron chi connectivity index (χ3n) is 3.14. The van der Waals surface area contributed by atoms with Gasteiger partial charge < -0.3 is 5.11 Å². The van der Waals surface area contributed by atoms with E-state index in [1.165, 1.54) is 12.1 Å². The van der Waals surface area contributed by atoms with Gasteiger partial charge in [-0.05, 0) is 23.6 Å². The average molecular weight is 299 g/mol. The molecule has 0 aliphatic carbocycles. The molecule has 0 heterocycles. The normalized spacial score (nSPS) is 11.4. The van der Waals surface area contributed by atoms with Crippen molar-refractivity contribution in [1.82, 2.24) is 0 Å². The molecule has 2 N–H and O–H groups in total. The number of hydrogen-bond acceptors (Lipinski definition) is 3. The smallest absolute Gasteiger partial charge is 0.262 e. The van der Waals surface area contributed by atoms with Crippen LogP contribution < -0.4 is 4.72 Å². The van der Waals surface area contributed by atoms with E-state index in [1.807, 2.05) is 18.2 Å². The first-order valence-electron chi connectivity index (χ1n) is 6.36. The van der Waals surface area contributed by atoms with Crippen LogP contribution in [0.4, 0.5) is 5.69 Å². The van der Waals surface area contributed by atoms with E-state index < -0.39 is 10.0 Å². The highest BCUT2D eigenvalue weighted by atomic mass is 32.2. The van der Waals surface area contributed by atoms with Gasteiger partial charge in [0.15, 0.2) is 0 Å². The molecule has 0 atom stereocenters. The van der Waals surface area contributed by atoms with Crippen LogP contribution in [-0.2, 0) is 10.0 Å². The summed E-state index contributed by atoms with van der Waals surface area (Å²) in [5, 5.41) is 10.9. The summed E-state index contributed by atoms with van der Waals surface area (Å²) in [6.07, 6.45) is 0. The number of phenolic OH excluding ortho intramolecular Hbond substituents is 1. The fourth-order valence-electron chi connectivity index (χ4n) is 2.21. The maximum absolute atomic E-state index is 12.5. The number of fused-ring (bicyclic) bond motifs is 1. The Morgan fingerprint density at radius 1 is 0.857 bits per heavy atom. The molecule has 21 heavy (non-hydrogen) atoms. The Hall–Kier alpha value is -2.53. The zero-order valence-corrected chi connectivity index (χ0v) is 11.8. The van der Waals surface area contributed by atoms with Crippen molar-refractivity contribution in [2.45, 2.75) is 4.90 Å². The second kappa shape index (κ2) is 5.10. The van der Waals surface area contributed by atoms with E-state index in [-0.39, 0.29) is 10.6 Å². The number of rotatable bonds is 3. The first-order valence-corrected chi connectivity index (χ1v) is 7.84. The largest absolute Gasteiger partial charge is 0.508 e. The topological polar surface area (TPSA) is 66.4 Å². The standard InChI is InChI=1S/C16H13NO3S/c18-14-8-4-7-13(11-14)17-21(19,20)16-10-3-6-12-5-1-2-9-15(12)16/h1-11,17-18H. The van der Waals surface area contributed by atoms with Gasteiger partial charge in [0, 0.05) is 11.5 Å². The highest BCUT2D eigenvalue weighted by Gasteiger charge is 2.17. The summed E-state index contributed by atoms with van der Waals surface area (Å²) in [6, 6.07) is 18.4. The van der Waals surface area contributed by atoms with Gasteiger partial charge in [-0.1, -0.05) is 42.5 Å². The van der Waals surface area contributed by atoms with E-state index in [0.717, 1.165) is 5.39 Å². The first-order chi connectivity index (χ1) is 10.1. The predicted molar refractivity (Wildman–Crippen MR) is 82.9 cm³/mol. The molecule has 0 aliphatic rings. The van der Waals surface area contributed by atoms with Crippen LogP contribution in [0.15, 0.2) is 71.6 Å². The Morgan fingerprint density at radius 3 is 2.38 bits per heavy atom. The molecule has 0 amide bonds. The van der Waals surface area contributed by atoms with Gasteiger partial charge in [0.05, 0.1) is 10.6 Å². The van der Waals surface area contributed by atoms with Crippen molar-refractivity contribution in [2.24, 2.45) is 0 Å². The molecule has 0 saturated carbocycles. The van der Waals surface area contributed by atoms with Crippen molar-refractivity contribution in [3.8, 4) is 5.75 Å². The van der Waals surface area contributed by atoms with Crippen LogP contribution in [-0.4, -0.2) is 13.5 Å². The van der Waals surface area contributed by atoms with Crippen LogP contribution >= 0.6 is 0 Å². The Morgan fingerprint density at radius 2 is 1.57 bits per heavy atom. The second-order valence-corrected chi connectivity index (χ2v) is 6.28. The number of sulfonamides is 1. The Bertz CT molecular complexity index is 899. The van der Waals surface area contributed by atoms with E-state index in [0.29, 0.717) is 11.1 Å². The summed E-state index contributed by atoms with van der Waals surface area (Å²) < 4.78 is 27.5. The first kappa shape index (κ1) is 13.5. The minimum absolute atomic E-state index is 0.00752. The molecule has 106 valence electrons. The van der Waals surface area contributed by atoms with Crippen molar-refractivity contribution in [3.63, 3.8) is 0 Å². The summed E-state index contributed by atoms with van der Waals surface area (Å²) in [6.45, 7) is 0. The summed E-state index contributed by atoms with van der Waals surface area (Å²) in [7, 11) is -3.72. The van der Waals surface area contributed by atoms with E-state index >= 15 is 0 Å². The lowest BCUT2D eigenvalue weighted by molar-refractivity contribution is 0.475. The van der Waals surface area contributed by atoms with E-state index in [1.54, 1.807) is 36.4 Å². The fourth-order valence-corrected chi connectivity index (χ4v) is 3.49. The van der Waals surface area contributed by atoms with Gasteiger partial charge in [0.2, 0.25) is 0 Å². The van der Waals surface area contributed by atoms with Gasteiger partial charge in [-0.25, -0.2) is 8.42 Å². The molecule has 3 aromatic rings. The number of aromatic hydroxyl groups is 1. The summed E-state index contributed by atoms with van der Waals surface area (Å²) in [4.78, 5) is 0.212. The zero-order valence-electron chi connectivity index (χ0n) is 11.0. The molecule has 0 bridgehead atoms. The second-order valence-electron chi connectivity index (χ2n) is 4.63. The Balaban J connectivity index is 2.09. The average Bonchev–Trinajstić information content (AvgIpc) is 2.46. The fraction of sp³-hybridized carbons (Fsp3) is 0. The van der Waals surface area contributed by atoms with Crippen molar-refractivity contribution >= 4 is 26.5 Å². The van der Waals surface area contributed by atoms with Crippen LogP contribution in [0, 0.1) is 0 Å². The van der Waals surface area contributed by atoms with Crippen LogP contribution in [0.25, 0.3) is 10.8 Å². The van der Waals surface area contributed by atoms with Crippen molar-refractivity contribution in [3.05, 3.63) is 66.7 Å². The minimum atomic E-state index is -3.72. The van der Waals surface area contributed by atoms with E-state index in [9.17, 15) is 13.5 Å². The van der Waals surface area contributed by atoms with Crippen LogP contribution in [0.2, 0.25) is 0 Å². The summed E-state index contributed by atoms with van der Waals surface area (Å²) in [5.41, 5.74) is 0.322. The summed E-state index contributed by atoms with van der Waals surface area (Å²) in [5.74, 6) is 0.00752. The molecule has 0 aliphatic heterocycles. The maximum atomic E-state index is 12.5. The van der Waals surface area contributed by atoms with Gasteiger partial charge in [-0.2, -0.15) is 0 Å². The van der Waals surface area contributed by atoms with Crippen LogP contribution in [0.3, 0.4) is 0 Å². The highest BCUT2D eigenvalue weighted by molar-refractivity contribution is 7.93. The minimum Gasteiger partial charge on any atom is -0.508 e. The number of nitrogens with one attached hydrogen (secondary N) is 1. The van der Waals surface area contributed by atoms with Crippen LogP contribution in [0.1, 0.15) is 0 Å². The van der Waals surface area contributed by atoms with Gasteiger partial charge >= 0.3 is 0 Å². The number of benzene rings is 3. The van der Waals surface area contributed by atoms with Gasteiger partial charge in [-0.3, -0.25) is 4.72 Å². The summed E-state index contributed by atoms with van der Waals surface area (Å²) >= 11 is 0. The Kier molecular flexibility index (Phi) is 3.27. The lowest BCUT2D eigenvalue weighted by Crippen LogP contribution is -2.13. The van der Waals surface area contributed by atoms with E-state index in [4.69, 9.17) is 0 Å². The van der Waals surface area contributed by atoms with Gasteiger partial charge in [0.1, 0.15) is 5.75 Å². The predicted octanol–water partition coefficient (Wildman–Crippen LogP) is 3.35. The molecule has 0 aromatic heterocycles. The number of phenols is 1. The molecule has 4 nitrogen and oxygen atoms in total. The van der Waals surface area contributed by atoms with Crippen molar-refractivity contribution in [2.75, 3.05) is 4.72 Å². The lowest BCUT2D eigenvalue weighted by atomic mass is 10.1. The quantitative estimate of drug-likeness (QED) is 0.779. The van der Waals surface area contributed by atoms with Gasteiger partial charge in [0.25, 0.3) is 10.0 Å². The molecule has 0 unspecified atom stereocenters. The van der Waals surface area contributed by atoms with E-state index in [2.05, 4.69) is 4.72 Å². The molecule has 5 heteroatoms. The zero-order chi connectivity index (χ0) is 14.9. The third-order valence-corrected chi connectivity index (χ3v) is 4.58. The van der Waals surface area contributed by atoms with Crippen LogP contribution in [0.5, 0.6) is 5.75 Å². The van der Waals surface area contributed by atoms with Gasteiger partial charge in [-0.15, -0.1) is 0 Å². The monoisotopic (exact) mass is 299 g/mol. The number of hydrogen-bond donors (Lipinski definition) is 2. The molecular formula is C16H13NO3S.